The number of hydrogen-bond donors (Lipinski definition) is 1. The first-order chi connectivity index (χ1) is 12.1. The van der Waals surface area contributed by atoms with E-state index < -0.39 is 0 Å². The molecule has 0 spiro atoms. The van der Waals surface area contributed by atoms with E-state index in [1.165, 1.54) is 4.90 Å². The number of hydrogen-bond acceptors (Lipinski definition) is 3. The maximum atomic E-state index is 12.7. The molecule has 128 valence electrons. The molecule has 25 heavy (non-hydrogen) atoms. The second-order valence-corrected chi connectivity index (χ2v) is 6.25. The molecule has 7 heteroatoms. The summed E-state index contributed by atoms with van der Waals surface area (Å²) in [7, 11) is 0. The van der Waals surface area contributed by atoms with Gasteiger partial charge in [0, 0.05) is 36.7 Å². The Hall–Kier alpha value is -3.09. The summed E-state index contributed by atoms with van der Waals surface area (Å²) >= 11 is 0. The van der Waals surface area contributed by atoms with Crippen LogP contribution in [-0.4, -0.2) is 57.9 Å². The molecule has 2 aliphatic heterocycles. The SMILES string of the molecule is O=C(c1ccc(-n2cccc2)cc1)N1CCC(N2C(=O)CNC2=O)C1. The summed E-state index contributed by atoms with van der Waals surface area (Å²) in [6.45, 7) is 0.974. The number of nitrogens with zero attached hydrogens (tertiary/aromatic N) is 3. The summed E-state index contributed by atoms with van der Waals surface area (Å²) in [5.74, 6) is -0.297. The van der Waals surface area contributed by atoms with Crippen molar-refractivity contribution in [1.82, 2.24) is 19.7 Å². The summed E-state index contributed by atoms with van der Waals surface area (Å²) in [6, 6.07) is 10.7. The maximum Gasteiger partial charge on any atom is 0.324 e. The van der Waals surface area contributed by atoms with Crippen LogP contribution in [-0.2, 0) is 4.79 Å². The van der Waals surface area contributed by atoms with E-state index >= 15 is 0 Å². The second kappa shape index (κ2) is 6.08. The third-order valence-corrected chi connectivity index (χ3v) is 4.71. The molecular formula is C18H18N4O3. The van der Waals surface area contributed by atoms with Crippen molar-refractivity contribution in [3.05, 3.63) is 54.4 Å². The van der Waals surface area contributed by atoms with Crippen molar-refractivity contribution < 1.29 is 14.4 Å². The summed E-state index contributed by atoms with van der Waals surface area (Å²) in [4.78, 5) is 39.2. The highest BCUT2D eigenvalue weighted by molar-refractivity contribution is 6.02. The van der Waals surface area contributed by atoms with Crippen LogP contribution in [0.1, 0.15) is 16.8 Å². The van der Waals surface area contributed by atoms with Crippen LogP contribution < -0.4 is 5.32 Å². The number of amides is 4. The minimum absolute atomic E-state index is 0.0458. The number of carbonyl (C=O) groups excluding carboxylic acids is 3. The van der Waals surface area contributed by atoms with E-state index in [9.17, 15) is 14.4 Å². The van der Waals surface area contributed by atoms with Crippen LogP contribution in [0.3, 0.4) is 0 Å². The fourth-order valence-corrected chi connectivity index (χ4v) is 3.41. The standard InChI is InChI=1S/C18H18N4O3/c23-16-11-19-18(25)22(16)15-7-10-21(12-15)17(24)13-3-5-14(6-4-13)20-8-1-2-9-20/h1-6,8-9,15H,7,10-12H2,(H,19,25). The van der Waals surface area contributed by atoms with Crippen LogP contribution in [0.15, 0.2) is 48.8 Å². The molecule has 2 fully saturated rings. The van der Waals surface area contributed by atoms with E-state index in [0.29, 0.717) is 25.1 Å². The van der Waals surface area contributed by atoms with Crippen LogP contribution in [0.5, 0.6) is 0 Å². The predicted molar refractivity (Wildman–Crippen MR) is 90.3 cm³/mol. The van der Waals surface area contributed by atoms with E-state index in [4.69, 9.17) is 0 Å². The van der Waals surface area contributed by atoms with E-state index in [1.807, 2.05) is 41.2 Å². The first-order valence-electron chi connectivity index (χ1n) is 8.26. The lowest BCUT2D eigenvalue weighted by Gasteiger charge is -2.21. The van der Waals surface area contributed by atoms with Gasteiger partial charge in [-0.15, -0.1) is 0 Å². The van der Waals surface area contributed by atoms with Gasteiger partial charge in [-0.25, -0.2) is 4.79 Å². The van der Waals surface area contributed by atoms with Crippen molar-refractivity contribution in [1.29, 1.82) is 0 Å². The molecule has 1 unspecified atom stereocenters. The number of urea groups is 1. The number of nitrogens with one attached hydrogen (secondary N) is 1. The molecule has 0 saturated carbocycles. The second-order valence-electron chi connectivity index (χ2n) is 6.25. The van der Waals surface area contributed by atoms with Crippen LogP contribution in [0.2, 0.25) is 0 Å². The Morgan fingerprint density at radius 1 is 1.08 bits per heavy atom. The number of rotatable bonds is 3. The molecule has 0 aliphatic carbocycles. The molecule has 1 atom stereocenters. The van der Waals surface area contributed by atoms with E-state index in [2.05, 4.69) is 5.32 Å². The van der Waals surface area contributed by atoms with Gasteiger partial charge in [-0.2, -0.15) is 0 Å². The Morgan fingerprint density at radius 3 is 2.44 bits per heavy atom. The molecule has 0 bridgehead atoms. The predicted octanol–water partition coefficient (Wildman–Crippen LogP) is 1.24. The molecule has 7 nitrogen and oxygen atoms in total. The normalized spacial score (nSPS) is 20.2. The fourth-order valence-electron chi connectivity index (χ4n) is 3.41. The Bertz CT molecular complexity index is 797. The molecule has 0 radical (unpaired) electrons. The Labute approximate surface area is 144 Å². The quantitative estimate of drug-likeness (QED) is 0.856. The zero-order valence-corrected chi connectivity index (χ0v) is 13.6. The zero-order chi connectivity index (χ0) is 17.4. The van der Waals surface area contributed by atoms with Gasteiger partial charge in [-0.3, -0.25) is 14.5 Å². The lowest BCUT2D eigenvalue weighted by molar-refractivity contribution is -0.126. The molecule has 4 amide bonds. The Morgan fingerprint density at radius 2 is 1.80 bits per heavy atom. The monoisotopic (exact) mass is 338 g/mol. The number of imide groups is 1. The van der Waals surface area contributed by atoms with Gasteiger partial charge in [0.25, 0.3) is 5.91 Å². The van der Waals surface area contributed by atoms with Crippen molar-refractivity contribution in [2.24, 2.45) is 0 Å². The Kier molecular flexibility index (Phi) is 3.76. The molecule has 2 aromatic rings. The van der Waals surface area contributed by atoms with Crippen molar-refractivity contribution in [3.63, 3.8) is 0 Å². The van der Waals surface area contributed by atoms with E-state index in [-0.39, 0.29) is 30.4 Å². The number of benzene rings is 1. The van der Waals surface area contributed by atoms with Gasteiger partial charge < -0.3 is 14.8 Å². The van der Waals surface area contributed by atoms with E-state index in [0.717, 1.165) is 5.69 Å². The van der Waals surface area contributed by atoms with Gasteiger partial charge in [0.05, 0.1) is 12.6 Å². The van der Waals surface area contributed by atoms with Crippen molar-refractivity contribution in [2.45, 2.75) is 12.5 Å². The molecule has 2 aliphatic rings. The average Bonchev–Trinajstić information content (AvgIpc) is 3.36. The zero-order valence-electron chi connectivity index (χ0n) is 13.6. The van der Waals surface area contributed by atoms with Gasteiger partial charge in [0.1, 0.15) is 0 Å². The van der Waals surface area contributed by atoms with Crippen molar-refractivity contribution in [3.8, 4) is 5.69 Å². The third-order valence-electron chi connectivity index (χ3n) is 4.71. The van der Waals surface area contributed by atoms with Crippen LogP contribution >= 0.6 is 0 Å². The minimum Gasteiger partial charge on any atom is -0.336 e. The van der Waals surface area contributed by atoms with Crippen LogP contribution in [0.25, 0.3) is 5.69 Å². The average molecular weight is 338 g/mol. The number of carbonyl (C=O) groups is 3. The third kappa shape index (κ3) is 2.77. The van der Waals surface area contributed by atoms with Crippen LogP contribution in [0.4, 0.5) is 4.79 Å². The van der Waals surface area contributed by atoms with E-state index in [1.54, 1.807) is 17.0 Å². The molecule has 3 heterocycles. The lowest BCUT2D eigenvalue weighted by atomic mass is 10.2. The van der Waals surface area contributed by atoms with Gasteiger partial charge >= 0.3 is 6.03 Å². The fraction of sp³-hybridized carbons (Fsp3) is 0.278. The maximum absolute atomic E-state index is 12.7. The van der Waals surface area contributed by atoms with Gasteiger partial charge in [-0.05, 0) is 42.8 Å². The molecule has 1 aromatic carbocycles. The first kappa shape index (κ1) is 15.4. The summed E-state index contributed by atoms with van der Waals surface area (Å²) in [5.41, 5.74) is 1.59. The summed E-state index contributed by atoms with van der Waals surface area (Å²) in [5, 5.41) is 2.52. The van der Waals surface area contributed by atoms with Crippen molar-refractivity contribution >= 4 is 17.8 Å². The highest BCUT2D eigenvalue weighted by atomic mass is 16.2. The van der Waals surface area contributed by atoms with Gasteiger partial charge in [0.2, 0.25) is 5.91 Å². The molecule has 4 rings (SSSR count). The molecule has 1 aromatic heterocycles. The first-order valence-corrected chi connectivity index (χ1v) is 8.26. The lowest BCUT2D eigenvalue weighted by Crippen LogP contribution is -2.42. The minimum atomic E-state index is -0.361. The van der Waals surface area contributed by atoms with Gasteiger partial charge in [-0.1, -0.05) is 0 Å². The smallest absolute Gasteiger partial charge is 0.324 e. The number of aromatic nitrogens is 1. The molecule has 1 N–H and O–H groups in total. The van der Waals surface area contributed by atoms with Crippen LogP contribution in [0, 0.1) is 0 Å². The molecule has 2 saturated heterocycles. The van der Waals surface area contributed by atoms with Gasteiger partial charge in [0.15, 0.2) is 0 Å². The summed E-state index contributed by atoms with van der Waals surface area (Å²) < 4.78 is 1.97. The highest BCUT2D eigenvalue weighted by Crippen LogP contribution is 2.21. The largest absolute Gasteiger partial charge is 0.336 e. The summed E-state index contributed by atoms with van der Waals surface area (Å²) in [6.07, 6.45) is 4.51. The topological polar surface area (TPSA) is 74.7 Å². The Balaban J connectivity index is 1.45. The molecular weight excluding hydrogens is 320 g/mol. The number of likely N-dealkylation sites (tertiary alicyclic amines) is 1. The van der Waals surface area contributed by atoms with Crippen molar-refractivity contribution in [2.75, 3.05) is 19.6 Å². The highest BCUT2D eigenvalue weighted by Gasteiger charge is 2.39.